The molecule has 1 aromatic heterocycles. The van der Waals surface area contributed by atoms with E-state index in [2.05, 4.69) is 15.3 Å². The Labute approximate surface area is 88.1 Å². The second-order valence-electron chi connectivity index (χ2n) is 2.75. The van der Waals surface area contributed by atoms with E-state index in [-0.39, 0.29) is 11.6 Å². The van der Waals surface area contributed by atoms with Gasteiger partial charge >= 0.3 is 12.2 Å². The van der Waals surface area contributed by atoms with Crippen LogP contribution in [0.5, 0.6) is 0 Å². The van der Waals surface area contributed by atoms with Crippen LogP contribution in [0.4, 0.5) is 29.6 Å². The standard InChI is InChI=1S/C7H8F3N5O/c8-7(9,10)3-14-6(16)15-4-1-12-5(11)13-2-4/h1-2H,3H2,(H2,11,12,13)(H2,14,15,16). The number of anilines is 2. The molecule has 0 unspecified atom stereocenters. The molecule has 0 aliphatic carbocycles. The lowest BCUT2D eigenvalue weighted by Crippen LogP contribution is -2.36. The Kier molecular flexibility index (Phi) is 3.48. The first kappa shape index (κ1) is 12.0. The first-order chi connectivity index (χ1) is 7.37. The van der Waals surface area contributed by atoms with E-state index in [0.717, 1.165) is 0 Å². The normalized spacial score (nSPS) is 10.9. The van der Waals surface area contributed by atoms with E-state index in [0.29, 0.717) is 0 Å². The molecule has 88 valence electrons. The molecular weight excluding hydrogens is 227 g/mol. The van der Waals surface area contributed by atoms with E-state index in [4.69, 9.17) is 5.73 Å². The van der Waals surface area contributed by atoms with Crippen molar-refractivity contribution < 1.29 is 18.0 Å². The van der Waals surface area contributed by atoms with Crippen LogP contribution >= 0.6 is 0 Å². The zero-order chi connectivity index (χ0) is 12.2. The number of carbonyl (C=O) groups is 1. The third-order valence-electron chi connectivity index (χ3n) is 1.38. The topological polar surface area (TPSA) is 92.9 Å². The molecule has 1 aromatic rings. The first-order valence-electron chi connectivity index (χ1n) is 4.06. The first-order valence-corrected chi connectivity index (χ1v) is 4.06. The van der Waals surface area contributed by atoms with Crippen molar-refractivity contribution in [1.82, 2.24) is 15.3 Å². The van der Waals surface area contributed by atoms with Crippen molar-refractivity contribution in [3.8, 4) is 0 Å². The van der Waals surface area contributed by atoms with Gasteiger partial charge in [0.05, 0.1) is 18.1 Å². The highest BCUT2D eigenvalue weighted by atomic mass is 19.4. The number of halogens is 3. The van der Waals surface area contributed by atoms with E-state index in [1.165, 1.54) is 12.4 Å². The van der Waals surface area contributed by atoms with Crippen molar-refractivity contribution >= 4 is 17.7 Å². The zero-order valence-corrected chi connectivity index (χ0v) is 7.88. The van der Waals surface area contributed by atoms with Gasteiger partial charge in [-0.05, 0) is 0 Å². The van der Waals surface area contributed by atoms with Crippen molar-refractivity contribution in [3.05, 3.63) is 12.4 Å². The molecule has 2 amide bonds. The van der Waals surface area contributed by atoms with E-state index in [1.54, 1.807) is 5.32 Å². The summed E-state index contributed by atoms with van der Waals surface area (Å²) >= 11 is 0. The average Bonchev–Trinajstić information content (AvgIpc) is 2.18. The number of amides is 2. The number of aromatic nitrogens is 2. The van der Waals surface area contributed by atoms with Crippen LogP contribution in [0.1, 0.15) is 0 Å². The summed E-state index contributed by atoms with van der Waals surface area (Å²) in [6.07, 6.45) is -2.10. The van der Waals surface area contributed by atoms with Crippen LogP contribution in [0, 0.1) is 0 Å². The Morgan fingerprint density at radius 2 is 1.94 bits per heavy atom. The Balaban J connectivity index is 2.43. The maximum Gasteiger partial charge on any atom is 0.405 e. The molecule has 0 fully saturated rings. The van der Waals surface area contributed by atoms with Gasteiger partial charge < -0.3 is 16.4 Å². The van der Waals surface area contributed by atoms with Crippen LogP contribution in [-0.2, 0) is 0 Å². The number of hydrogen-bond acceptors (Lipinski definition) is 4. The molecule has 6 nitrogen and oxygen atoms in total. The van der Waals surface area contributed by atoms with Gasteiger partial charge in [-0.1, -0.05) is 0 Å². The van der Waals surface area contributed by atoms with Gasteiger partial charge in [-0.25, -0.2) is 14.8 Å². The maximum atomic E-state index is 11.7. The summed E-state index contributed by atoms with van der Waals surface area (Å²) < 4.78 is 35.2. The van der Waals surface area contributed by atoms with E-state index < -0.39 is 18.8 Å². The van der Waals surface area contributed by atoms with Crippen LogP contribution in [-0.4, -0.2) is 28.7 Å². The fraction of sp³-hybridized carbons (Fsp3) is 0.286. The maximum absolute atomic E-state index is 11.7. The molecule has 1 heterocycles. The van der Waals surface area contributed by atoms with Crippen LogP contribution in [0.3, 0.4) is 0 Å². The molecule has 0 aromatic carbocycles. The molecule has 0 spiro atoms. The third kappa shape index (κ3) is 4.44. The monoisotopic (exact) mass is 235 g/mol. The SMILES string of the molecule is Nc1ncc(NC(=O)NCC(F)(F)F)cn1. The number of nitrogens with one attached hydrogen (secondary N) is 2. The Morgan fingerprint density at radius 1 is 1.38 bits per heavy atom. The lowest BCUT2D eigenvalue weighted by molar-refractivity contribution is -0.122. The smallest absolute Gasteiger partial charge is 0.368 e. The van der Waals surface area contributed by atoms with Gasteiger partial charge in [-0.15, -0.1) is 0 Å². The average molecular weight is 235 g/mol. The summed E-state index contributed by atoms with van der Waals surface area (Å²) in [6, 6.07) is -0.995. The molecular formula is C7H8F3N5O. The molecule has 0 aliphatic heterocycles. The molecule has 0 atom stereocenters. The number of urea groups is 1. The molecule has 16 heavy (non-hydrogen) atoms. The van der Waals surface area contributed by atoms with Crippen molar-refractivity contribution in [2.24, 2.45) is 0 Å². The van der Waals surface area contributed by atoms with E-state index >= 15 is 0 Å². The number of hydrogen-bond donors (Lipinski definition) is 3. The van der Waals surface area contributed by atoms with Gasteiger partial charge in [-0.2, -0.15) is 13.2 Å². The summed E-state index contributed by atoms with van der Waals surface area (Å²) in [5, 5.41) is 3.73. The van der Waals surface area contributed by atoms with Gasteiger partial charge in [0.15, 0.2) is 0 Å². The van der Waals surface area contributed by atoms with Crippen LogP contribution < -0.4 is 16.4 Å². The molecule has 0 radical (unpaired) electrons. The van der Waals surface area contributed by atoms with Crippen molar-refractivity contribution in [2.45, 2.75) is 6.18 Å². The Bertz CT molecular complexity index is 363. The second kappa shape index (κ2) is 4.64. The van der Waals surface area contributed by atoms with Gasteiger partial charge in [-0.3, -0.25) is 0 Å². The molecule has 9 heteroatoms. The lowest BCUT2D eigenvalue weighted by atomic mass is 10.5. The highest BCUT2D eigenvalue weighted by molar-refractivity contribution is 5.88. The minimum atomic E-state index is -4.45. The number of alkyl halides is 3. The Morgan fingerprint density at radius 3 is 2.44 bits per heavy atom. The fourth-order valence-electron chi connectivity index (χ4n) is 0.758. The second-order valence-corrected chi connectivity index (χ2v) is 2.75. The van der Waals surface area contributed by atoms with Gasteiger partial charge in [0, 0.05) is 0 Å². The minimum absolute atomic E-state index is 0.00116. The summed E-state index contributed by atoms with van der Waals surface area (Å²) in [5.41, 5.74) is 5.32. The summed E-state index contributed by atoms with van der Waals surface area (Å²) in [6.45, 7) is -1.41. The van der Waals surface area contributed by atoms with Gasteiger partial charge in [0.25, 0.3) is 0 Å². The van der Waals surface area contributed by atoms with Gasteiger partial charge in [0.1, 0.15) is 6.54 Å². The third-order valence-corrected chi connectivity index (χ3v) is 1.38. The summed E-state index contributed by atoms with van der Waals surface area (Å²) in [5.74, 6) is 0.00116. The number of nitrogens with two attached hydrogens (primary N) is 1. The minimum Gasteiger partial charge on any atom is -0.368 e. The highest BCUT2D eigenvalue weighted by Crippen LogP contribution is 2.12. The largest absolute Gasteiger partial charge is 0.405 e. The van der Waals surface area contributed by atoms with Gasteiger partial charge in [0.2, 0.25) is 5.95 Å². The van der Waals surface area contributed by atoms with Crippen molar-refractivity contribution in [2.75, 3.05) is 17.6 Å². The lowest BCUT2D eigenvalue weighted by Gasteiger charge is -2.09. The summed E-state index contributed by atoms with van der Waals surface area (Å²) in [4.78, 5) is 18.0. The highest BCUT2D eigenvalue weighted by Gasteiger charge is 2.27. The summed E-state index contributed by atoms with van der Waals surface area (Å²) in [7, 11) is 0. The van der Waals surface area contributed by atoms with Crippen molar-refractivity contribution in [1.29, 1.82) is 0 Å². The quantitative estimate of drug-likeness (QED) is 0.704. The molecule has 0 saturated heterocycles. The molecule has 0 saturated carbocycles. The predicted octanol–water partition coefficient (Wildman–Crippen LogP) is 0.743. The number of nitrogen functional groups attached to an aromatic ring is 1. The molecule has 1 rings (SSSR count). The number of carbonyl (C=O) groups excluding carboxylic acids is 1. The van der Waals surface area contributed by atoms with Crippen LogP contribution in [0.2, 0.25) is 0 Å². The molecule has 0 aliphatic rings. The molecule has 0 bridgehead atoms. The fourth-order valence-corrected chi connectivity index (χ4v) is 0.758. The van der Waals surface area contributed by atoms with E-state index in [9.17, 15) is 18.0 Å². The van der Waals surface area contributed by atoms with Crippen LogP contribution in [0.15, 0.2) is 12.4 Å². The number of rotatable bonds is 2. The predicted molar refractivity (Wildman–Crippen MR) is 49.5 cm³/mol. The molecule has 4 N–H and O–H groups in total. The van der Waals surface area contributed by atoms with E-state index in [1.807, 2.05) is 0 Å². The number of nitrogens with zero attached hydrogens (tertiary/aromatic N) is 2. The van der Waals surface area contributed by atoms with Crippen molar-refractivity contribution in [3.63, 3.8) is 0 Å². The van der Waals surface area contributed by atoms with Crippen LogP contribution in [0.25, 0.3) is 0 Å². The zero-order valence-electron chi connectivity index (χ0n) is 7.88. The Hall–Kier alpha value is -2.06.